The van der Waals surface area contributed by atoms with E-state index in [0.717, 1.165) is 13.1 Å². The van der Waals surface area contributed by atoms with Gasteiger partial charge in [-0.3, -0.25) is 9.80 Å². The molecule has 2 aliphatic heterocycles. The number of rotatable bonds is 0. The van der Waals surface area contributed by atoms with Crippen molar-refractivity contribution in [3.05, 3.63) is 0 Å². The number of hydrogen-bond acceptors (Lipinski definition) is 3. The molecule has 0 aromatic carbocycles. The van der Waals surface area contributed by atoms with Crippen LogP contribution in [0.2, 0.25) is 0 Å². The average molecular weight is 284 g/mol. The highest BCUT2D eigenvalue weighted by Crippen LogP contribution is 2.19. The lowest BCUT2D eigenvalue weighted by atomic mass is 10.0. The normalized spacial score (nSPS) is 23.1. The van der Waals surface area contributed by atoms with Crippen LogP contribution in [0.1, 0.15) is 60.8 Å². The Morgan fingerprint density at radius 3 is 1.30 bits per heavy atom. The Labute approximate surface area is 127 Å². The van der Waals surface area contributed by atoms with Gasteiger partial charge in [-0.05, 0) is 67.5 Å². The molecule has 0 atom stereocenters. The van der Waals surface area contributed by atoms with Crippen LogP contribution in [0, 0.1) is 0 Å². The molecule has 2 aliphatic rings. The van der Waals surface area contributed by atoms with E-state index in [2.05, 4.69) is 56.7 Å². The zero-order chi connectivity index (χ0) is 15.2. The van der Waals surface area contributed by atoms with Crippen molar-refractivity contribution in [1.29, 1.82) is 0 Å². The van der Waals surface area contributed by atoms with Gasteiger partial charge in [-0.25, -0.2) is 0 Å². The lowest BCUT2D eigenvalue weighted by molar-refractivity contribution is 0.111. The van der Waals surface area contributed by atoms with E-state index in [9.17, 15) is 0 Å². The predicted molar refractivity (Wildman–Crippen MR) is 89.4 cm³/mol. The van der Waals surface area contributed by atoms with E-state index in [-0.39, 0.29) is 0 Å². The first-order valence-corrected chi connectivity index (χ1v) is 8.42. The van der Waals surface area contributed by atoms with E-state index in [1.165, 1.54) is 45.4 Å². The third kappa shape index (κ3) is 6.55. The van der Waals surface area contributed by atoms with Crippen molar-refractivity contribution >= 4 is 0 Å². The monoisotopic (exact) mass is 283 g/mol. The minimum atomic E-state index is 0.363. The molecule has 2 saturated heterocycles. The Bertz CT molecular complexity index is 222. The van der Waals surface area contributed by atoms with E-state index < -0.39 is 0 Å². The van der Waals surface area contributed by atoms with Crippen LogP contribution in [0.15, 0.2) is 0 Å². The molecule has 1 N–H and O–H groups in total. The van der Waals surface area contributed by atoms with Gasteiger partial charge in [0.2, 0.25) is 0 Å². The van der Waals surface area contributed by atoms with E-state index in [1.807, 2.05) is 0 Å². The van der Waals surface area contributed by atoms with Gasteiger partial charge in [0.15, 0.2) is 0 Å². The maximum atomic E-state index is 3.35. The van der Waals surface area contributed by atoms with Crippen LogP contribution in [-0.4, -0.2) is 60.1 Å². The second kappa shape index (κ2) is 7.77. The van der Waals surface area contributed by atoms with Crippen molar-refractivity contribution in [3.8, 4) is 0 Å². The molecule has 2 heterocycles. The van der Waals surface area contributed by atoms with Crippen molar-refractivity contribution in [2.75, 3.05) is 39.3 Å². The fraction of sp³-hybridized carbons (Fsp3) is 1.00. The Balaban J connectivity index is 0.000000200. The lowest BCUT2D eigenvalue weighted by Crippen LogP contribution is -2.51. The molecule has 0 aliphatic carbocycles. The molecule has 0 aromatic heterocycles. The second-order valence-corrected chi connectivity index (χ2v) is 8.13. The highest BCUT2D eigenvalue weighted by Gasteiger charge is 2.22. The highest BCUT2D eigenvalue weighted by molar-refractivity contribution is 4.80. The van der Waals surface area contributed by atoms with E-state index in [1.54, 1.807) is 0 Å². The third-order valence-corrected chi connectivity index (χ3v) is 4.37. The molecular weight excluding hydrogens is 246 g/mol. The quantitative estimate of drug-likeness (QED) is 0.737. The smallest absolute Gasteiger partial charge is 0.0126 e. The average Bonchev–Trinajstić information content (AvgIpc) is 2.40. The molecule has 2 rings (SSSR count). The summed E-state index contributed by atoms with van der Waals surface area (Å²) in [5.74, 6) is 0. The fourth-order valence-corrected chi connectivity index (χ4v) is 2.90. The molecular formula is C17H37N3. The van der Waals surface area contributed by atoms with Gasteiger partial charge in [-0.2, -0.15) is 0 Å². The summed E-state index contributed by atoms with van der Waals surface area (Å²) in [4.78, 5) is 5.10. The first-order valence-electron chi connectivity index (χ1n) is 8.42. The van der Waals surface area contributed by atoms with Crippen LogP contribution in [0.4, 0.5) is 0 Å². The van der Waals surface area contributed by atoms with Crippen LogP contribution >= 0.6 is 0 Å². The van der Waals surface area contributed by atoms with Gasteiger partial charge >= 0.3 is 0 Å². The van der Waals surface area contributed by atoms with Crippen LogP contribution in [0.25, 0.3) is 0 Å². The molecule has 0 aromatic rings. The zero-order valence-corrected chi connectivity index (χ0v) is 14.8. The van der Waals surface area contributed by atoms with Gasteiger partial charge in [0.25, 0.3) is 0 Å². The van der Waals surface area contributed by atoms with Crippen molar-refractivity contribution < 1.29 is 0 Å². The van der Waals surface area contributed by atoms with Crippen LogP contribution in [0.3, 0.4) is 0 Å². The number of hydrogen-bond donors (Lipinski definition) is 1. The summed E-state index contributed by atoms with van der Waals surface area (Å²) in [5, 5.41) is 3.35. The Hall–Kier alpha value is -0.120. The SMILES string of the molecule is CC(C)(C)N1CCCCC1.CC(C)(C)N1CCNCC1. The first kappa shape index (κ1) is 17.9. The van der Waals surface area contributed by atoms with Crippen LogP contribution in [0.5, 0.6) is 0 Å². The lowest BCUT2D eigenvalue weighted by Gasteiger charge is -2.38. The summed E-state index contributed by atoms with van der Waals surface area (Å²) in [7, 11) is 0. The van der Waals surface area contributed by atoms with Crippen molar-refractivity contribution in [2.45, 2.75) is 71.9 Å². The summed E-state index contributed by atoms with van der Waals surface area (Å²) in [6, 6.07) is 0. The number of likely N-dealkylation sites (tertiary alicyclic amines) is 1. The van der Waals surface area contributed by atoms with Gasteiger partial charge in [0, 0.05) is 37.3 Å². The van der Waals surface area contributed by atoms with Gasteiger partial charge in [-0.15, -0.1) is 0 Å². The molecule has 0 bridgehead atoms. The van der Waals surface area contributed by atoms with Crippen molar-refractivity contribution in [3.63, 3.8) is 0 Å². The van der Waals surface area contributed by atoms with Crippen molar-refractivity contribution in [2.24, 2.45) is 0 Å². The molecule has 0 saturated carbocycles. The van der Waals surface area contributed by atoms with Crippen LogP contribution < -0.4 is 5.32 Å². The summed E-state index contributed by atoms with van der Waals surface area (Å²) >= 11 is 0. The molecule has 2 fully saturated rings. The summed E-state index contributed by atoms with van der Waals surface area (Å²) in [5.41, 5.74) is 0.766. The molecule has 0 radical (unpaired) electrons. The molecule has 3 nitrogen and oxygen atoms in total. The van der Waals surface area contributed by atoms with Gasteiger partial charge in [-0.1, -0.05) is 6.42 Å². The fourth-order valence-electron chi connectivity index (χ4n) is 2.90. The van der Waals surface area contributed by atoms with Gasteiger partial charge in [0.1, 0.15) is 0 Å². The number of piperidine rings is 1. The standard InChI is InChI=1S/C9H19N.C8H18N2/c1-9(2,3)10-7-5-4-6-8-10;1-8(2,3)10-6-4-9-5-7-10/h4-8H2,1-3H3;9H,4-7H2,1-3H3. The largest absolute Gasteiger partial charge is 0.314 e. The summed E-state index contributed by atoms with van der Waals surface area (Å²) in [6.45, 7) is 21.1. The Kier molecular flexibility index (Phi) is 6.96. The summed E-state index contributed by atoms with van der Waals surface area (Å²) < 4.78 is 0. The van der Waals surface area contributed by atoms with Crippen molar-refractivity contribution in [1.82, 2.24) is 15.1 Å². The predicted octanol–water partition coefficient (Wildman–Crippen LogP) is 2.96. The maximum absolute atomic E-state index is 3.35. The maximum Gasteiger partial charge on any atom is 0.0126 e. The Morgan fingerprint density at radius 2 is 1.00 bits per heavy atom. The molecule has 0 unspecified atom stereocenters. The minimum absolute atomic E-state index is 0.363. The molecule has 0 amide bonds. The number of nitrogens with zero attached hydrogens (tertiary/aromatic N) is 2. The molecule has 3 heteroatoms. The zero-order valence-electron chi connectivity index (χ0n) is 14.8. The second-order valence-electron chi connectivity index (χ2n) is 8.13. The van der Waals surface area contributed by atoms with Crippen LogP contribution in [-0.2, 0) is 0 Å². The highest BCUT2D eigenvalue weighted by atomic mass is 15.2. The topological polar surface area (TPSA) is 18.5 Å². The number of piperazine rings is 1. The van der Waals surface area contributed by atoms with E-state index in [0.29, 0.717) is 11.1 Å². The van der Waals surface area contributed by atoms with E-state index in [4.69, 9.17) is 0 Å². The molecule has 120 valence electrons. The summed E-state index contributed by atoms with van der Waals surface area (Å²) in [6.07, 6.45) is 4.24. The van der Waals surface area contributed by atoms with Gasteiger partial charge in [0.05, 0.1) is 0 Å². The van der Waals surface area contributed by atoms with E-state index >= 15 is 0 Å². The number of nitrogens with one attached hydrogen (secondary N) is 1. The minimum Gasteiger partial charge on any atom is -0.314 e. The third-order valence-electron chi connectivity index (χ3n) is 4.37. The van der Waals surface area contributed by atoms with Gasteiger partial charge < -0.3 is 5.32 Å². The Morgan fingerprint density at radius 1 is 0.600 bits per heavy atom. The molecule has 20 heavy (non-hydrogen) atoms. The first-order chi connectivity index (χ1) is 9.21. The molecule has 0 spiro atoms.